The van der Waals surface area contributed by atoms with E-state index in [9.17, 15) is 4.79 Å². The quantitative estimate of drug-likeness (QED) is 0.857. The van der Waals surface area contributed by atoms with Crippen LogP contribution in [0.3, 0.4) is 0 Å². The van der Waals surface area contributed by atoms with Crippen molar-refractivity contribution >= 4 is 23.0 Å². The number of aromatic nitrogens is 2. The van der Waals surface area contributed by atoms with Crippen LogP contribution in [0.25, 0.3) is 11.0 Å². The van der Waals surface area contributed by atoms with Crippen LogP contribution in [0.5, 0.6) is 0 Å². The molecule has 0 spiro atoms. The van der Waals surface area contributed by atoms with Crippen LogP contribution >= 0.6 is 0 Å². The number of anilines is 1. The van der Waals surface area contributed by atoms with Gasteiger partial charge in [0.2, 0.25) is 5.95 Å². The van der Waals surface area contributed by atoms with E-state index < -0.39 is 5.97 Å². The molecule has 0 atom stereocenters. The number of hydrogen-bond acceptors (Lipinski definition) is 4. The Kier molecular flexibility index (Phi) is 3.78. The number of nitrogens with zero attached hydrogens (tertiary/aromatic N) is 2. The number of methoxy groups -OCH3 is 1. The van der Waals surface area contributed by atoms with E-state index in [-0.39, 0.29) is 11.0 Å². The highest BCUT2D eigenvalue weighted by Gasteiger charge is 2.37. The summed E-state index contributed by atoms with van der Waals surface area (Å²) in [6.07, 6.45) is 3.58. The highest BCUT2D eigenvalue weighted by atomic mass is 16.5. The summed E-state index contributed by atoms with van der Waals surface area (Å²) in [5.74, 6) is -0.171. The maximum Gasteiger partial charge on any atom is 0.335 e. The number of rotatable bonds is 6. The van der Waals surface area contributed by atoms with Gasteiger partial charge in [-0.25, -0.2) is 9.78 Å². The molecule has 0 saturated heterocycles. The lowest BCUT2D eigenvalue weighted by molar-refractivity contribution is 0.0281. The summed E-state index contributed by atoms with van der Waals surface area (Å²) < 4.78 is 7.29. The molecule has 0 bridgehead atoms. The number of carbonyl (C=O) groups is 1. The Morgan fingerprint density at radius 3 is 2.86 bits per heavy atom. The van der Waals surface area contributed by atoms with Gasteiger partial charge >= 0.3 is 5.97 Å². The number of hydrogen-bond donors (Lipinski definition) is 2. The van der Waals surface area contributed by atoms with Crippen LogP contribution in [-0.4, -0.2) is 40.9 Å². The number of aromatic carboxylic acids is 1. The first-order chi connectivity index (χ1) is 10.5. The average molecular weight is 303 g/mol. The topological polar surface area (TPSA) is 76.4 Å². The standard InChI is InChI=1S/C16H21N3O3/c1-19-13-5-4-11(14(20)21)8-12(13)18-15(19)17-9-16(10-22-2)6-3-7-16/h4-5,8H,3,6-7,9-10H2,1-2H3,(H,17,18)(H,20,21). The number of aryl methyl sites for hydroxylation is 1. The Balaban J connectivity index is 1.82. The highest BCUT2D eigenvalue weighted by Crippen LogP contribution is 2.41. The van der Waals surface area contributed by atoms with Gasteiger partial charge in [0.1, 0.15) is 0 Å². The van der Waals surface area contributed by atoms with Gasteiger partial charge in [0.25, 0.3) is 0 Å². The maximum absolute atomic E-state index is 11.0. The third-order valence-electron chi connectivity index (χ3n) is 4.61. The van der Waals surface area contributed by atoms with Crippen LogP contribution < -0.4 is 5.32 Å². The SMILES string of the molecule is COCC1(CNc2nc3cc(C(=O)O)ccc3n2C)CCC1. The van der Waals surface area contributed by atoms with Gasteiger partial charge in [0.05, 0.1) is 23.2 Å². The zero-order valence-corrected chi connectivity index (χ0v) is 12.9. The Labute approximate surface area is 129 Å². The molecule has 1 aliphatic carbocycles. The van der Waals surface area contributed by atoms with E-state index in [4.69, 9.17) is 9.84 Å². The first kappa shape index (κ1) is 14.8. The molecule has 1 aromatic heterocycles. The molecule has 1 fully saturated rings. The number of carboxylic acid groups (broad SMARTS) is 1. The fourth-order valence-corrected chi connectivity index (χ4v) is 3.11. The summed E-state index contributed by atoms with van der Waals surface area (Å²) in [4.78, 5) is 15.6. The fraction of sp³-hybridized carbons (Fsp3) is 0.500. The zero-order valence-electron chi connectivity index (χ0n) is 12.9. The second-order valence-corrected chi connectivity index (χ2v) is 6.14. The van der Waals surface area contributed by atoms with Gasteiger partial charge in [-0.05, 0) is 31.0 Å². The molecule has 1 saturated carbocycles. The molecule has 0 radical (unpaired) electrons. The number of fused-ring (bicyclic) bond motifs is 1. The number of imidazole rings is 1. The molecule has 0 amide bonds. The molecule has 3 rings (SSSR count). The summed E-state index contributed by atoms with van der Waals surface area (Å²) in [6, 6.07) is 5.01. The smallest absolute Gasteiger partial charge is 0.335 e. The van der Waals surface area contributed by atoms with Crippen molar-refractivity contribution < 1.29 is 14.6 Å². The minimum Gasteiger partial charge on any atom is -0.478 e. The van der Waals surface area contributed by atoms with Crippen molar-refractivity contribution in [2.75, 3.05) is 25.6 Å². The molecule has 0 unspecified atom stereocenters. The average Bonchev–Trinajstić information content (AvgIpc) is 2.78. The van der Waals surface area contributed by atoms with Gasteiger partial charge in [-0.1, -0.05) is 6.42 Å². The molecule has 0 aliphatic heterocycles. The number of carboxylic acids is 1. The molecular weight excluding hydrogens is 282 g/mol. The van der Waals surface area contributed by atoms with Gasteiger partial charge in [-0.2, -0.15) is 0 Å². The minimum atomic E-state index is -0.935. The monoisotopic (exact) mass is 303 g/mol. The predicted molar refractivity (Wildman–Crippen MR) is 84.3 cm³/mol. The Morgan fingerprint density at radius 2 is 2.27 bits per heavy atom. The summed E-state index contributed by atoms with van der Waals surface area (Å²) in [6.45, 7) is 1.58. The number of benzene rings is 1. The maximum atomic E-state index is 11.0. The first-order valence-corrected chi connectivity index (χ1v) is 7.47. The van der Waals surface area contributed by atoms with Crippen LogP contribution in [0.1, 0.15) is 29.6 Å². The van der Waals surface area contributed by atoms with Gasteiger partial charge in [0, 0.05) is 26.1 Å². The Bertz CT molecular complexity index is 704. The molecule has 1 heterocycles. The number of ether oxygens (including phenoxy) is 1. The first-order valence-electron chi connectivity index (χ1n) is 7.47. The second kappa shape index (κ2) is 5.61. The molecule has 2 N–H and O–H groups in total. The van der Waals surface area contributed by atoms with E-state index in [0.717, 1.165) is 24.6 Å². The third-order valence-corrected chi connectivity index (χ3v) is 4.61. The molecular formula is C16H21N3O3. The van der Waals surface area contributed by atoms with Crippen LogP contribution in [0, 0.1) is 5.41 Å². The van der Waals surface area contributed by atoms with Crippen LogP contribution in [0.4, 0.5) is 5.95 Å². The van der Waals surface area contributed by atoms with Gasteiger partial charge in [-0.3, -0.25) is 0 Å². The van der Waals surface area contributed by atoms with E-state index in [1.807, 2.05) is 11.6 Å². The molecule has 6 heteroatoms. The third kappa shape index (κ3) is 2.54. The largest absolute Gasteiger partial charge is 0.478 e. The van der Waals surface area contributed by atoms with Crippen molar-refractivity contribution in [1.29, 1.82) is 0 Å². The van der Waals surface area contributed by atoms with Crippen molar-refractivity contribution in [2.24, 2.45) is 12.5 Å². The van der Waals surface area contributed by atoms with Crippen LogP contribution in [0.15, 0.2) is 18.2 Å². The van der Waals surface area contributed by atoms with Crippen molar-refractivity contribution in [3.63, 3.8) is 0 Å². The van der Waals surface area contributed by atoms with Gasteiger partial charge in [0.15, 0.2) is 0 Å². The van der Waals surface area contributed by atoms with E-state index in [1.165, 1.54) is 19.3 Å². The van der Waals surface area contributed by atoms with Gasteiger partial charge < -0.3 is 19.7 Å². The molecule has 6 nitrogen and oxygen atoms in total. The molecule has 118 valence electrons. The summed E-state index contributed by atoms with van der Waals surface area (Å²) in [7, 11) is 3.67. The van der Waals surface area contributed by atoms with Crippen molar-refractivity contribution in [2.45, 2.75) is 19.3 Å². The lowest BCUT2D eigenvalue weighted by Crippen LogP contribution is -2.40. The van der Waals surface area contributed by atoms with Crippen molar-refractivity contribution in [3.8, 4) is 0 Å². The highest BCUT2D eigenvalue weighted by molar-refractivity contribution is 5.93. The van der Waals surface area contributed by atoms with E-state index in [1.54, 1.807) is 25.3 Å². The lowest BCUT2D eigenvalue weighted by atomic mass is 9.69. The lowest BCUT2D eigenvalue weighted by Gasteiger charge is -2.41. The molecule has 1 aromatic carbocycles. The molecule has 22 heavy (non-hydrogen) atoms. The Morgan fingerprint density at radius 1 is 1.50 bits per heavy atom. The number of nitrogens with one attached hydrogen (secondary N) is 1. The normalized spacial score (nSPS) is 16.5. The fourth-order valence-electron chi connectivity index (χ4n) is 3.11. The summed E-state index contributed by atoms with van der Waals surface area (Å²) in [5.41, 5.74) is 2.08. The molecule has 1 aliphatic rings. The van der Waals surface area contributed by atoms with E-state index in [0.29, 0.717) is 5.52 Å². The summed E-state index contributed by atoms with van der Waals surface area (Å²) >= 11 is 0. The van der Waals surface area contributed by atoms with Crippen molar-refractivity contribution in [3.05, 3.63) is 23.8 Å². The minimum absolute atomic E-state index is 0.207. The Hall–Kier alpha value is -2.08. The zero-order chi connectivity index (χ0) is 15.7. The summed E-state index contributed by atoms with van der Waals surface area (Å²) in [5, 5.41) is 12.5. The molecule has 2 aromatic rings. The van der Waals surface area contributed by atoms with Crippen molar-refractivity contribution in [1.82, 2.24) is 9.55 Å². The van der Waals surface area contributed by atoms with E-state index in [2.05, 4.69) is 10.3 Å². The van der Waals surface area contributed by atoms with E-state index >= 15 is 0 Å². The van der Waals surface area contributed by atoms with Gasteiger partial charge in [-0.15, -0.1) is 0 Å². The second-order valence-electron chi connectivity index (χ2n) is 6.14. The predicted octanol–water partition coefficient (Wildman–Crippen LogP) is 2.50. The van der Waals surface area contributed by atoms with Crippen LogP contribution in [0.2, 0.25) is 0 Å². The van der Waals surface area contributed by atoms with Crippen LogP contribution in [-0.2, 0) is 11.8 Å².